The molecule has 3 aliphatic rings. The van der Waals surface area contributed by atoms with Crippen LogP contribution in [-0.2, 0) is 24.0 Å². The van der Waals surface area contributed by atoms with Crippen LogP contribution in [0.4, 0.5) is 4.79 Å². The van der Waals surface area contributed by atoms with Gasteiger partial charge in [0.1, 0.15) is 12.1 Å². The lowest BCUT2D eigenvalue weighted by atomic mass is 9.81. The predicted octanol–water partition coefficient (Wildman–Crippen LogP) is 2.81. The van der Waals surface area contributed by atoms with Crippen molar-refractivity contribution in [2.45, 2.75) is 125 Å². The molecular formula is C32H53N5O6. The van der Waals surface area contributed by atoms with Crippen LogP contribution in [0.5, 0.6) is 0 Å². The summed E-state index contributed by atoms with van der Waals surface area (Å²) in [6.45, 7) is 17.1. The number of nitrogens with zero attached hydrogens (tertiary/aromatic N) is 2. The number of nitrogens with one attached hydrogen (secondary N) is 3. The third-order valence-corrected chi connectivity index (χ3v) is 9.06. The summed E-state index contributed by atoms with van der Waals surface area (Å²) in [6, 6.07) is -3.49. The molecule has 5 amide bonds. The van der Waals surface area contributed by atoms with E-state index in [2.05, 4.69) is 29.8 Å². The van der Waals surface area contributed by atoms with Crippen molar-refractivity contribution in [3.63, 3.8) is 0 Å². The molecule has 3 fully saturated rings. The van der Waals surface area contributed by atoms with Gasteiger partial charge in [-0.1, -0.05) is 68.2 Å². The van der Waals surface area contributed by atoms with E-state index in [0.717, 1.165) is 19.3 Å². The fourth-order valence-electron chi connectivity index (χ4n) is 5.85. The number of ketones is 1. The first kappa shape index (κ1) is 34.5. The lowest BCUT2D eigenvalue weighted by Gasteiger charge is -2.41. The average molecular weight is 604 g/mol. The molecule has 2 saturated heterocycles. The van der Waals surface area contributed by atoms with Crippen LogP contribution in [0.25, 0.3) is 0 Å². The van der Waals surface area contributed by atoms with Crippen molar-refractivity contribution in [1.82, 2.24) is 25.8 Å². The molecule has 3 rings (SSSR count). The van der Waals surface area contributed by atoms with Crippen LogP contribution in [0.1, 0.15) is 100 Å². The van der Waals surface area contributed by atoms with Gasteiger partial charge in [0, 0.05) is 26.1 Å². The third kappa shape index (κ3) is 9.50. The van der Waals surface area contributed by atoms with Gasteiger partial charge in [0.2, 0.25) is 23.5 Å². The summed E-state index contributed by atoms with van der Waals surface area (Å²) in [4.78, 5) is 80.2. The Bertz CT molecular complexity index is 1090. The Kier molecular flexibility index (Phi) is 10.7. The minimum atomic E-state index is -0.933. The van der Waals surface area contributed by atoms with Crippen molar-refractivity contribution < 1.29 is 28.8 Å². The van der Waals surface area contributed by atoms with Crippen molar-refractivity contribution in [2.75, 3.05) is 19.6 Å². The fourth-order valence-corrected chi connectivity index (χ4v) is 5.85. The van der Waals surface area contributed by atoms with E-state index in [-0.39, 0.29) is 35.0 Å². The van der Waals surface area contributed by atoms with Crippen molar-refractivity contribution in [2.24, 2.45) is 22.2 Å². The van der Waals surface area contributed by atoms with Crippen LogP contribution < -0.4 is 16.0 Å². The van der Waals surface area contributed by atoms with Gasteiger partial charge in [-0.2, -0.15) is 0 Å². The first-order chi connectivity index (χ1) is 19.8. The highest BCUT2D eigenvalue weighted by molar-refractivity contribution is 6.28. The topological polar surface area (TPSA) is 145 Å². The zero-order valence-electron chi connectivity index (χ0n) is 27.4. The average Bonchev–Trinajstić information content (AvgIpc) is 3.56. The molecule has 1 aliphatic carbocycles. The maximum atomic E-state index is 13.9. The number of rotatable bonds is 11. The Morgan fingerprint density at radius 2 is 1.60 bits per heavy atom. The van der Waals surface area contributed by atoms with Gasteiger partial charge in [-0.15, -0.1) is 0 Å². The number of piperidine rings is 1. The van der Waals surface area contributed by atoms with Gasteiger partial charge < -0.3 is 25.8 Å². The first-order valence-corrected chi connectivity index (χ1v) is 15.8. The summed E-state index contributed by atoms with van der Waals surface area (Å²) in [7, 11) is 0. The Morgan fingerprint density at radius 1 is 0.953 bits per heavy atom. The molecule has 3 N–H and O–H groups in total. The van der Waals surface area contributed by atoms with Gasteiger partial charge in [0.15, 0.2) is 6.29 Å². The number of likely N-dealkylation sites (tertiary alicyclic amines) is 2. The van der Waals surface area contributed by atoms with Gasteiger partial charge in [-0.05, 0) is 47.8 Å². The molecule has 0 spiro atoms. The Morgan fingerprint density at radius 3 is 2.14 bits per heavy atom. The fraction of sp³-hybridized carbons (Fsp3) is 0.812. The van der Waals surface area contributed by atoms with E-state index in [9.17, 15) is 28.8 Å². The zero-order chi connectivity index (χ0) is 32.3. The first-order valence-electron chi connectivity index (χ1n) is 15.8. The SMILES string of the molecule is CC1(C)CCN(CC(NC(=O)NC(C(=O)N2CCCC2C(=O)NC(CC2CC2)C(=O)C=O)C(C)(C)C)C(C)(C)C)C(=O)C1. The van der Waals surface area contributed by atoms with Crippen LogP contribution in [0.2, 0.25) is 0 Å². The summed E-state index contributed by atoms with van der Waals surface area (Å²) in [5.41, 5.74) is -1.08. The minimum absolute atomic E-state index is 0.0393. The van der Waals surface area contributed by atoms with Crippen LogP contribution in [0, 0.1) is 22.2 Å². The molecule has 1 saturated carbocycles. The second-order valence-electron chi connectivity index (χ2n) is 15.7. The summed E-state index contributed by atoms with van der Waals surface area (Å²) >= 11 is 0. The number of amides is 5. The molecule has 4 atom stereocenters. The molecule has 0 aromatic carbocycles. The van der Waals surface area contributed by atoms with Crippen molar-refractivity contribution in [1.29, 1.82) is 0 Å². The minimum Gasteiger partial charge on any atom is -0.344 e. The van der Waals surface area contributed by atoms with Crippen molar-refractivity contribution >= 4 is 35.8 Å². The van der Waals surface area contributed by atoms with E-state index < -0.39 is 41.3 Å². The quantitative estimate of drug-likeness (QED) is 0.245. The summed E-state index contributed by atoms with van der Waals surface area (Å²) in [5, 5.41) is 8.64. The third-order valence-electron chi connectivity index (χ3n) is 9.06. The van der Waals surface area contributed by atoms with E-state index in [1.807, 2.05) is 46.4 Å². The Labute approximate surface area is 256 Å². The summed E-state index contributed by atoms with van der Waals surface area (Å²) < 4.78 is 0. The van der Waals surface area contributed by atoms with Gasteiger partial charge in [-0.3, -0.25) is 24.0 Å². The summed E-state index contributed by atoms with van der Waals surface area (Å²) in [6.07, 6.45) is 4.99. The number of carbonyl (C=O) groups is 6. The lowest BCUT2D eigenvalue weighted by Crippen LogP contribution is -2.62. The summed E-state index contributed by atoms with van der Waals surface area (Å²) in [5.74, 6) is -1.10. The van der Waals surface area contributed by atoms with Crippen molar-refractivity contribution in [3.05, 3.63) is 0 Å². The highest BCUT2D eigenvalue weighted by Crippen LogP contribution is 2.34. The standard InChI is InChI=1S/C32H53N5O6/c1-30(2,3)24(18-36-15-13-32(7,8)17-25(36)40)34-29(43)35-26(31(4,5)6)28(42)37-14-9-10-22(37)27(41)33-21(23(39)19-38)16-20-11-12-20/h19-22,24,26H,9-18H2,1-8H3,(H,33,41)(H2,34,35,43). The maximum Gasteiger partial charge on any atom is 0.315 e. The number of carbonyl (C=O) groups excluding carboxylic acids is 6. The highest BCUT2D eigenvalue weighted by Gasteiger charge is 2.43. The number of hydrogen-bond acceptors (Lipinski definition) is 6. The molecule has 43 heavy (non-hydrogen) atoms. The second-order valence-corrected chi connectivity index (χ2v) is 15.7. The molecule has 0 aromatic heterocycles. The molecule has 242 valence electrons. The van der Waals surface area contributed by atoms with E-state index in [1.165, 1.54) is 4.90 Å². The molecular weight excluding hydrogens is 550 g/mol. The monoisotopic (exact) mass is 603 g/mol. The molecule has 0 aromatic rings. The second kappa shape index (κ2) is 13.3. The van der Waals surface area contributed by atoms with E-state index in [4.69, 9.17) is 0 Å². The van der Waals surface area contributed by atoms with E-state index in [1.54, 1.807) is 0 Å². The maximum absolute atomic E-state index is 13.9. The van der Waals surface area contributed by atoms with Gasteiger partial charge >= 0.3 is 6.03 Å². The largest absolute Gasteiger partial charge is 0.344 e. The normalized spacial score (nSPS) is 22.8. The lowest BCUT2D eigenvalue weighted by molar-refractivity contribution is -0.142. The van der Waals surface area contributed by atoms with Crippen LogP contribution >= 0.6 is 0 Å². The highest BCUT2D eigenvalue weighted by atomic mass is 16.2. The van der Waals surface area contributed by atoms with Gasteiger partial charge in [0.25, 0.3) is 0 Å². The number of hydrogen-bond donors (Lipinski definition) is 3. The molecule has 2 heterocycles. The van der Waals surface area contributed by atoms with Crippen molar-refractivity contribution in [3.8, 4) is 0 Å². The number of urea groups is 1. The van der Waals surface area contributed by atoms with Crippen LogP contribution in [0.15, 0.2) is 0 Å². The Hall–Kier alpha value is -2.98. The molecule has 0 bridgehead atoms. The molecule has 0 radical (unpaired) electrons. The zero-order valence-corrected chi connectivity index (χ0v) is 27.4. The predicted molar refractivity (Wildman–Crippen MR) is 163 cm³/mol. The van der Waals surface area contributed by atoms with Gasteiger partial charge in [0.05, 0.1) is 12.1 Å². The van der Waals surface area contributed by atoms with E-state index >= 15 is 0 Å². The molecule has 4 unspecified atom stereocenters. The van der Waals surface area contributed by atoms with Crippen LogP contribution in [0.3, 0.4) is 0 Å². The van der Waals surface area contributed by atoms with E-state index in [0.29, 0.717) is 51.2 Å². The van der Waals surface area contributed by atoms with Gasteiger partial charge in [-0.25, -0.2) is 4.79 Å². The smallest absolute Gasteiger partial charge is 0.315 e. The van der Waals surface area contributed by atoms with Crippen LogP contribution in [-0.4, -0.2) is 89.4 Å². The number of Topliss-reactive ketones (excluding diaryl/α,β-unsaturated/α-hetero) is 1. The molecule has 2 aliphatic heterocycles. The molecule has 11 nitrogen and oxygen atoms in total. The Balaban J connectivity index is 1.70. The molecule has 11 heteroatoms. The number of aldehydes is 1.